The average molecular weight is 159 g/mol. The molecule has 0 heterocycles. The van der Waals surface area contributed by atoms with Crippen molar-refractivity contribution < 1.29 is 14.3 Å². The molecule has 1 rings (SSSR count). The van der Waals surface area contributed by atoms with E-state index < -0.39 is 17.9 Å². The SMILES string of the molecule is N[C@H]1C/C(=C\F)C[C@H]1C(=O)O. The first-order valence-electron chi connectivity index (χ1n) is 3.41. The molecule has 2 atom stereocenters. The first-order valence-corrected chi connectivity index (χ1v) is 3.41. The Balaban J connectivity index is 2.66. The van der Waals surface area contributed by atoms with E-state index in [1.807, 2.05) is 0 Å². The third-order valence-corrected chi connectivity index (χ3v) is 1.97. The number of carbonyl (C=O) groups is 1. The van der Waals surface area contributed by atoms with Crippen molar-refractivity contribution in [3.63, 3.8) is 0 Å². The zero-order chi connectivity index (χ0) is 8.43. The molecule has 0 spiro atoms. The predicted octanol–water partition coefficient (Wildman–Crippen LogP) is 0.662. The van der Waals surface area contributed by atoms with E-state index in [1.165, 1.54) is 0 Å². The van der Waals surface area contributed by atoms with Crippen LogP contribution in [-0.4, -0.2) is 17.1 Å². The number of halogens is 1. The van der Waals surface area contributed by atoms with Gasteiger partial charge in [-0.05, 0) is 18.4 Å². The van der Waals surface area contributed by atoms with Gasteiger partial charge in [0, 0.05) is 6.04 Å². The number of carboxylic acids is 1. The Hall–Kier alpha value is -0.900. The summed E-state index contributed by atoms with van der Waals surface area (Å²) in [5.74, 6) is -1.54. The van der Waals surface area contributed by atoms with Crippen molar-refractivity contribution in [2.75, 3.05) is 0 Å². The van der Waals surface area contributed by atoms with Gasteiger partial charge in [0.2, 0.25) is 0 Å². The van der Waals surface area contributed by atoms with E-state index in [2.05, 4.69) is 0 Å². The monoisotopic (exact) mass is 159 g/mol. The van der Waals surface area contributed by atoms with Crippen LogP contribution in [0.2, 0.25) is 0 Å². The molecule has 0 aromatic rings. The molecule has 0 unspecified atom stereocenters. The predicted molar refractivity (Wildman–Crippen MR) is 37.5 cm³/mol. The Morgan fingerprint density at radius 2 is 2.36 bits per heavy atom. The smallest absolute Gasteiger partial charge is 0.308 e. The number of hydrogen-bond donors (Lipinski definition) is 2. The maximum absolute atomic E-state index is 11.9. The summed E-state index contributed by atoms with van der Waals surface area (Å²) in [6, 6.07) is -0.422. The largest absolute Gasteiger partial charge is 0.481 e. The maximum atomic E-state index is 11.9. The lowest BCUT2D eigenvalue weighted by Crippen LogP contribution is -2.30. The highest BCUT2D eigenvalue weighted by atomic mass is 19.1. The summed E-state index contributed by atoms with van der Waals surface area (Å²) in [5, 5.41) is 8.57. The molecule has 0 amide bonds. The van der Waals surface area contributed by atoms with Crippen molar-refractivity contribution in [3.8, 4) is 0 Å². The molecule has 0 saturated heterocycles. The third-order valence-electron chi connectivity index (χ3n) is 1.97. The van der Waals surface area contributed by atoms with Crippen molar-refractivity contribution in [3.05, 3.63) is 11.9 Å². The van der Waals surface area contributed by atoms with Gasteiger partial charge in [-0.3, -0.25) is 4.79 Å². The molecule has 11 heavy (non-hydrogen) atoms. The number of hydrogen-bond acceptors (Lipinski definition) is 2. The van der Waals surface area contributed by atoms with E-state index in [0.29, 0.717) is 18.3 Å². The molecule has 0 radical (unpaired) electrons. The molecule has 0 bridgehead atoms. The van der Waals surface area contributed by atoms with Crippen LogP contribution in [0.25, 0.3) is 0 Å². The van der Waals surface area contributed by atoms with Gasteiger partial charge in [0.15, 0.2) is 0 Å². The van der Waals surface area contributed by atoms with Crippen LogP contribution in [0, 0.1) is 5.92 Å². The molecule has 1 aliphatic rings. The van der Waals surface area contributed by atoms with Gasteiger partial charge in [0.05, 0.1) is 12.2 Å². The van der Waals surface area contributed by atoms with Crippen LogP contribution < -0.4 is 5.73 Å². The van der Waals surface area contributed by atoms with Crippen molar-refractivity contribution in [2.24, 2.45) is 11.7 Å². The fourth-order valence-electron chi connectivity index (χ4n) is 1.32. The minimum Gasteiger partial charge on any atom is -0.481 e. The summed E-state index contributed by atoms with van der Waals surface area (Å²) < 4.78 is 11.9. The van der Waals surface area contributed by atoms with Crippen molar-refractivity contribution in [1.29, 1.82) is 0 Å². The van der Waals surface area contributed by atoms with Gasteiger partial charge in [-0.2, -0.15) is 0 Å². The molecule has 1 aliphatic carbocycles. The zero-order valence-corrected chi connectivity index (χ0v) is 5.96. The van der Waals surface area contributed by atoms with Crippen LogP contribution in [0.15, 0.2) is 11.9 Å². The van der Waals surface area contributed by atoms with E-state index in [1.54, 1.807) is 0 Å². The fraction of sp³-hybridized carbons (Fsp3) is 0.571. The number of carboxylic acid groups (broad SMARTS) is 1. The standard InChI is InChI=1S/C7H10FNO2/c8-3-4-1-5(7(10)11)6(9)2-4/h3,5-6H,1-2,9H2,(H,10,11)/b4-3-/t5-,6+/m1/s1. The van der Waals surface area contributed by atoms with E-state index in [4.69, 9.17) is 10.8 Å². The third kappa shape index (κ3) is 1.57. The topological polar surface area (TPSA) is 63.3 Å². The van der Waals surface area contributed by atoms with Crippen molar-refractivity contribution >= 4 is 5.97 Å². The quantitative estimate of drug-likeness (QED) is 0.590. The van der Waals surface area contributed by atoms with Gasteiger partial charge in [0.1, 0.15) is 0 Å². The van der Waals surface area contributed by atoms with Gasteiger partial charge in [0.25, 0.3) is 0 Å². The fourth-order valence-corrected chi connectivity index (χ4v) is 1.32. The Labute approximate surface area is 63.7 Å². The first kappa shape index (κ1) is 8.20. The molecule has 1 fully saturated rings. The highest BCUT2D eigenvalue weighted by molar-refractivity contribution is 5.72. The summed E-state index contributed by atoms with van der Waals surface area (Å²) in [4.78, 5) is 10.4. The Kier molecular flexibility index (Phi) is 2.24. The second-order valence-corrected chi connectivity index (χ2v) is 2.78. The van der Waals surface area contributed by atoms with Gasteiger partial charge < -0.3 is 10.8 Å². The summed E-state index contributed by atoms with van der Waals surface area (Å²) in [5.41, 5.74) is 5.96. The molecular formula is C7H10FNO2. The van der Waals surface area contributed by atoms with Crippen LogP contribution in [0.4, 0.5) is 4.39 Å². The van der Waals surface area contributed by atoms with Crippen LogP contribution in [0.3, 0.4) is 0 Å². The number of aliphatic carboxylic acids is 1. The van der Waals surface area contributed by atoms with E-state index in [9.17, 15) is 9.18 Å². The molecule has 1 saturated carbocycles. The molecule has 0 aromatic carbocycles. The lowest BCUT2D eigenvalue weighted by atomic mass is 10.1. The lowest BCUT2D eigenvalue weighted by molar-refractivity contribution is -0.141. The van der Waals surface area contributed by atoms with Crippen LogP contribution in [-0.2, 0) is 4.79 Å². The Morgan fingerprint density at radius 1 is 1.73 bits per heavy atom. The summed E-state index contributed by atoms with van der Waals surface area (Å²) >= 11 is 0. The van der Waals surface area contributed by atoms with E-state index >= 15 is 0 Å². The molecule has 3 N–H and O–H groups in total. The van der Waals surface area contributed by atoms with Gasteiger partial charge in [-0.1, -0.05) is 0 Å². The Morgan fingerprint density at radius 3 is 2.64 bits per heavy atom. The van der Waals surface area contributed by atoms with Gasteiger partial charge in [-0.15, -0.1) is 0 Å². The Bertz CT molecular complexity index is 203. The molecule has 0 aliphatic heterocycles. The van der Waals surface area contributed by atoms with Crippen molar-refractivity contribution in [1.82, 2.24) is 0 Å². The zero-order valence-electron chi connectivity index (χ0n) is 5.96. The number of rotatable bonds is 1. The average Bonchev–Trinajstić information content (AvgIpc) is 2.30. The van der Waals surface area contributed by atoms with E-state index in [-0.39, 0.29) is 6.42 Å². The molecule has 0 aromatic heterocycles. The van der Waals surface area contributed by atoms with Crippen LogP contribution in [0.1, 0.15) is 12.8 Å². The number of nitrogens with two attached hydrogens (primary N) is 1. The van der Waals surface area contributed by atoms with Gasteiger partial charge in [-0.25, -0.2) is 4.39 Å². The molecular weight excluding hydrogens is 149 g/mol. The second-order valence-electron chi connectivity index (χ2n) is 2.78. The van der Waals surface area contributed by atoms with Crippen molar-refractivity contribution in [2.45, 2.75) is 18.9 Å². The molecule has 4 heteroatoms. The molecule has 62 valence electrons. The second kappa shape index (κ2) is 3.00. The highest BCUT2D eigenvalue weighted by Crippen LogP contribution is 2.29. The maximum Gasteiger partial charge on any atom is 0.308 e. The minimum atomic E-state index is -0.936. The summed E-state index contributed by atoms with van der Waals surface area (Å²) in [6.07, 6.45) is 1.09. The van der Waals surface area contributed by atoms with Gasteiger partial charge >= 0.3 is 5.97 Å². The highest BCUT2D eigenvalue weighted by Gasteiger charge is 2.33. The van der Waals surface area contributed by atoms with E-state index in [0.717, 1.165) is 0 Å². The van der Waals surface area contributed by atoms with Crippen LogP contribution in [0.5, 0.6) is 0 Å². The minimum absolute atomic E-state index is 0.257. The molecule has 3 nitrogen and oxygen atoms in total. The summed E-state index contributed by atoms with van der Waals surface area (Å²) in [6.45, 7) is 0. The summed E-state index contributed by atoms with van der Waals surface area (Å²) in [7, 11) is 0. The lowest BCUT2D eigenvalue weighted by Gasteiger charge is -2.07. The normalized spacial score (nSPS) is 34.5. The first-order chi connectivity index (χ1) is 5.15. The van der Waals surface area contributed by atoms with Crippen LogP contribution >= 0.6 is 0 Å².